The molecule has 2 aromatic heterocycles. The summed E-state index contributed by atoms with van der Waals surface area (Å²) >= 11 is 0. The maximum atomic E-state index is 12.7. The highest BCUT2D eigenvalue weighted by Gasteiger charge is 2.20. The van der Waals surface area contributed by atoms with Gasteiger partial charge in [0.05, 0.1) is 40.2 Å². The van der Waals surface area contributed by atoms with Crippen LogP contribution in [0.25, 0.3) is 22.4 Å². The number of rotatable bonds is 8. The molecule has 0 unspecified atom stereocenters. The van der Waals surface area contributed by atoms with Gasteiger partial charge in [0.2, 0.25) is 0 Å². The molecule has 8 nitrogen and oxygen atoms in total. The van der Waals surface area contributed by atoms with Crippen LogP contribution in [0.4, 0.5) is 0 Å². The molecule has 9 heteroatoms. The smallest absolute Gasteiger partial charge is 0.255 e. The van der Waals surface area contributed by atoms with Gasteiger partial charge in [-0.2, -0.15) is 0 Å². The van der Waals surface area contributed by atoms with E-state index in [1.165, 1.54) is 0 Å². The average molecular weight is 431 g/mol. The normalized spacial score (nSPS) is 13.0. The summed E-state index contributed by atoms with van der Waals surface area (Å²) < 4.78 is 24.6. The zero-order valence-electron chi connectivity index (χ0n) is 17.2. The predicted octanol–water partition coefficient (Wildman–Crippen LogP) is 2.70. The van der Waals surface area contributed by atoms with Crippen LogP contribution < -0.4 is 5.32 Å². The van der Waals surface area contributed by atoms with Gasteiger partial charge in [-0.1, -0.05) is 25.5 Å². The van der Waals surface area contributed by atoms with Crippen LogP contribution in [0.3, 0.4) is 0 Å². The molecule has 30 heavy (non-hydrogen) atoms. The summed E-state index contributed by atoms with van der Waals surface area (Å²) in [6.07, 6.45) is 4.63. The summed E-state index contributed by atoms with van der Waals surface area (Å²) in [5.74, 6) is -0.335. The summed E-state index contributed by atoms with van der Waals surface area (Å²) in [6.45, 7) is 5.13. The number of H-pyrrole nitrogens is 1. The van der Waals surface area contributed by atoms with Gasteiger partial charge in [0, 0.05) is 11.8 Å². The van der Waals surface area contributed by atoms with Gasteiger partial charge in [-0.3, -0.25) is 4.79 Å². The number of aliphatic hydroxyl groups is 1. The first kappa shape index (κ1) is 21.9. The largest absolute Gasteiger partial charge is 0.394 e. The van der Waals surface area contributed by atoms with Crippen LogP contribution in [-0.4, -0.2) is 52.3 Å². The van der Waals surface area contributed by atoms with E-state index in [-0.39, 0.29) is 23.5 Å². The standard InChI is InChI=1S/C21H26N4O4S/c1-4-5-15(12-26)24-21(27)17-10-22-20-19(17)25-18(11-23-20)14-6-8-16(9-7-14)30(28,29)13(2)3/h6-11,13,15,26H,4-5,12H2,1-3H3,(H,22,23)(H,24,27)/t15-/m1/s1. The van der Waals surface area contributed by atoms with Crippen LogP contribution >= 0.6 is 0 Å². The number of carbonyl (C=O) groups is 1. The second-order valence-corrected chi connectivity index (χ2v) is 9.92. The summed E-state index contributed by atoms with van der Waals surface area (Å²) in [5, 5.41) is 11.7. The fourth-order valence-electron chi connectivity index (χ4n) is 3.11. The molecule has 3 N–H and O–H groups in total. The second kappa shape index (κ2) is 8.93. The average Bonchev–Trinajstić information content (AvgIpc) is 3.16. The molecule has 0 bridgehead atoms. The van der Waals surface area contributed by atoms with Crippen molar-refractivity contribution in [3.8, 4) is 11.3 Å². The minimum absolute atomic E-state index is 0.134. The number of fused-ring (bicyclic) bond motifs is 1. The van der Waals surface area contributed by atoms with Gasteiger partial charge in [-0.25, -0.2) is 18.4 Å². The summed E-state index contributed by atoms with van der Waals surface area (Å²) in [7, 11) is -3.35. The summed E-state index contributed by atoms with van der Waals surface area (Å²) in [4.78, 5) is 24.7. The summed E-state index contributed by atoms with van der Waals surface area (Å²) in [6, 6.07) is 6.15. The number of benzene rings is 1. The van der Waals surface area contributed by atoms with Gasteiger partial charge in [0.15, 0.2) is 15.5 Å². The Kier molecular flexibility index (Phi) is 6.52. The molecule has 3 aromatic rings. The molecule has 0 saturated carbocycles. The van der Waals surface area contributed by atoms with E-state index in [1.807, 2.05) is 6.92 Å². The number of sulfone groups is 1. The minimum atomic E-state index is -3.35. The lowest BCUT2D eigenvalue weighted by Gasteiger charge is -2.14. The zero-order valence-corrected chi connectivity index (χ0v) is 18.0. The Labute approximate surface area is 175 Å². The van der Waals surface area contributed by atoms with Gasteiger partial charge in [-0.15, -0.1) is 0 Å². The molecule has 1 aromatic carbocycles. The number of aromatic nitrogens is 3. The van der Waals surface area contributed by atoms with E-state index in [9.17, 15) is 18.3 Å². The van der Waals surface area contributed by atoms with Crippen molar-refractivity contribution in [3.05, 3.63) is 42.2 Å². The Morgan fingerprint density at radius 3 is 2.53 bits per heavy atom. The van der Waals surface area contributed by atoms with Gasteiger partial charge in [0.25, 0.3) is 5.91 Å². The van der Waals surface area contributed by atoms with Crippen molar-refractivity contribution >= 4 is 26.9 Å². The van der Waals surface area contributed by atoms with E-state index in [0.29, 0.717) is 34.4 Å². The topological polar surface area (TPSA) is 125 Å². The van der Waals surface area contributed by atoms with Gasteiger partial charge >= 0.3 is 0 Å². The number of aliphatic hydroxyl groups excluding tert-OH is 1. The van der Waals surface area contributed by atoms with E-state index in [2.05, 4.69) is 20.3 Å². The number of hydrogen-bond donors (Lipinski definition) is 3. The minimum Gasteiger partial charge on any atom is -0.394 e. The maximum Gasteiger partial charge on any atom is 0.255 e. The van der Waals surface area contributed by atoms with Crippen LogP contribution in [0.1, 0.15) is 44.0 Å². The van der Waals surface area contributed by atoms with E-state index < -0.39 is 15.1 Å². The number of aromatic amines is 1. The SMILES string of the molecule is CCC[C@H](CO)NC(=O)c1c[nH]c2ncc(-c3ccc(S(=O)(=O)C(C)C)cc3)nc12. The number of hydrogen-bond acceptors (Lipinski definition) is 6. The molecule has 0 aliphatic heterocycles. The molecule has 160 valence electrons. The molecular weight excluding hydrogens is 404 g/mol. The molecule has 0 saturated heterocycles. The lowest BCUT2D eigenvalue weighted by Crippen LogP contribution is -2.37. The van der Waals surface area contributed by atoms with E-state index >= 15 is 0 Å². The predicted molar refractivity (Wildman–Crippen MR) is 115 cm³/mol. The fraction of sp³-hybridized carbons (Fsp3) is 0.381. The number of carbonyl (C=O) groups excluding carboxylic acids is 1. The van der Waals surface area contributed by atoms with Crippen LogP contribution in [0.5, 0.6) is 0 Å². The first-order valence-corrected chi connectivity index (χ1v) is 11.4. The quantitative estimate of drug-likeness (QED) is 0.505. The third-order valence-corrected chi connectivity index (χ3v) is 7.09. The molecule has 0 spiro atoms. The lowest BCUT2D eigenvalue weighted by molar-refractivity contribution is 0.0914. The highest BCUT2D eigenvalue weighted by Crippen LogP contribution is 2.24. The molecule has 3 rings (SSSR count). The third kappa shape index (κ3) is 4.36. The Morgan fingerprint density at radius 2 is 1.93 bits per heavy atom. The van der Waals surface area contributed by atoms with Crippen molar-refractivity contribution in [2.24, 2.45) is 0 Å². The molecule has 2 heterocycles. The Hall–Kier alpha value is -2.78. The molecule has 0 radical (unpaired) electrons. The molecule has 0 aliphatic carbocycles. The van der Waals surface area contributed by atoms with Crippen LogP contribution in [0.15, 0.2) is 41.6 Å². The van der Waals surface area contributed by atoms with E-state index in [1.54, 1.807) is 50.5 Å². The van der Waals surface area contributed by atoms with E-state index in [4.69, 9.17) is 0 Å². The fourth-order valence-corrected chi connectivity index (χ4v) is 4.17. The number of nitrogens with one attached hydrogen (secondary N) is 2. The van der Waals surface area contributed by atoms with Crippen LogP contribution in [-0.2, 0) is 9.84 Å². The Balaban J connectivity index is 1.92. The molecule has 0 fully saturated rings. The van der Waals surface area contributed by atoms with Crippen molar-refractivity contribution in [2.45, 2.75) is 49.8 Å². The molecule has 0 aliphatic rings. The van der Waals surface area contributed by atoms with Gasteiger partial charge in [-0.05, 0) is 32.4 Å². The molecule has 1 amide bonds. The monoisotopic (exact) mass is 430 g/mol. The van der Waals surface area contributed by atoms with Crippen molar-refractivity contribution in [2.75, 3.05) is 6.61 Å². The maximum absolute atomic E-state index is 12.7. The van der Waals surface area contributed by atoms with Gasteiger partial charge in [0.1, 0.15) is 5.52 Å². The third-order valence-electron chi connectivity index (χ3n) is 4.92. The van der Waals surface area contributed by atoms with Crippen molar-refractivity contribution in [1.29, 1.82) is 0 Å². The highest BCUT2D eigenvalue weighted by molar-refractivity contribution is 7.92. The molecular formula is C21H26N4O4S. The summed E-state index contributed by atoms with van der Waals surface area (Å²) in [5.41, 5.74) is 2.44. The number of nitrogens with zero attached hydrogens (tertiary/aromatic N) is 2. The highest BCUT2D eigenvalue weighted by atomic mass is 32.2. The lowest BCUT2D eigenvalue weighted by atomic mass is 10.1. The van der Waals surface area contributed by atoms with Crippen molar-refractivity contribution < 1.29 is 18.3 Å². The van der Waals surface area contributed by atoms with Crippen molar-refractivity contribution in [1.82, 2.24) is 20.3 Å². The van der Waals surface area contributed by atoms with Crippen LogP contribution in [0, 0.1) is 0 Å². The molecule has 1 atom stereocenters. The van der Waals surface area contributed by atoms with E-state index in [0.717, 1.165) is 6.42 Å². The Bertz CT molecular complexity index is 1140. The van der Waals surface area contributed by atoms with Crippen molar-refractivity contribution in [3.63, 3.8) is 0 Å². The Morgan fingerprint density at radius 1 is 1.23 bits per heavy atom. The second-order valence-electron chi connectivity index (χ2n) is 7.41. The van der Waals surface area contributed by atoms with Gasteiger partial charge < -0.3 is 15.4 Å². The first-order valence-electron chi connectivity index (χ1n) is 9.88. The van der Waals surface area contributed by atoms with Crippen LogP contribution in [0.2, 0.25) is 0 Å². The first-order chi connectivity index (χ1) is 14.3. The zero-order chi connectivity index (χ0) is 21.9. The number of amides is 1.